The van der Waals surface area contributed by atoms with Gasteiger partial charge in [0.05, 0.1) is 6.61 Å². The van der Waals surface area contributed by atoms with E-state index in [0.29, 0.717) is 26.2 Å². The molecule has 3 amide bonds. The van der Waals surface area contributed by atoms with E-state index in [-0.39, 0.29) is 11.9 Å². The molecule has 1 aromatic carbocycles. The normalized spacial score (nSPS) is 17.6. The number of benzene rings is 1. The molecule has 1 fully saturated rings. The number of rotatable bonds is 7. The Bertz CT molecular complexity index is 591. The van der Waals surface area contributed by atoms with Gasteiger partial charge in [-0.05, 0) is 37.8 Å². The van der Waals surface area contributed by atoms with E-state index in [1.54, 1.807) is 23.8 Å². The molecule has 0 radical (unpaired) electrons. The number of likely N-dealkylation sites (N-methyl/N-ethyl adjacent to an activating group) is 1. The van der Waals surface area contributed by atoms with Gasteiger partial charge in [0.2, 0.25) is 5.91 Å². The van der Waals surface area contributed by atoms with Crippen LogP contribution in [0.4, 0.5) is 4.79 Å². The third-order valence-electron chi connectivity index (χ3n) is 4.47. The maximum atomic E-state index is 12.3. The van der Waals surface area contributed by atoms with Gasteiger partial charge in [-0.2, -0.15) is 0 Å². The standard InChI is InChI=1S/C19H29N3O3/c1-4-14-25-17-10-6-5-8-16(17)9-7-11-20-19(24)22-13-12-21(3)18(23)15(22)2/h5-6,8,10,15H,4,7,9,11-14H2,1-3H3,(H,20,24). The van der Waals surface area contributed by atoms with E-state index in [0.717, 1.165) is 30.6 Å². The minimum absolute atomic E-state index is 0.0107. The second-order valence-electron chi connectivity index (χ2n) is 6.42. The van der Waals surface area contributed by atoms with E-state index < -0.39 is 6.04 Å². The number of nitrogens with one attached hydrogen (secondary N) is 1. The lowest BCUT2D eigenvalue weighted by molar-refractivity contribution is -0.137. The topological polar surface area (TPSA) is 61.9 Å². The van der Waals surface area contributed by atoms with Crippen molar-refractivity contribution < 1.29 is 14.3 Å². The van der Waals surface area contributed by atoms with Crippen molar-refractivity contribution in [3.8, 4) is 5.75 Å². The lowest BCUT2D eigenvalue weighted by Gasteiger charge is -2.37. The molecule has 1 aliphatic heterocycles. The fraction of sp³-hybridized carbons (Fsp3) is 0.579. The highest BCUT2D eigenvalue weighted by Gasteiger charge is 2.32. The van der Waals surface area contributed by atoms with Crippen molar-refractivity contribution in [1.29, 1.82) is 0 Å². The molecule has 0 bridgehead atoms. The van der Waals surface area contributed by atoms with Crippen LogP contribution in [0.3, 0.4) is 0 Å². The number of carbonyl (C=O) groups excluding carboxylic acids is 2. The molecule has 6 nitrogen and oxygen atoms in total. The minimum Gasteiger partial charge on any atom is -0.493 e. The molecule has 6 heteroatoms. The van der Waals surface area contributed by atoms with Crippen LogP contribution in [0.5, 0.6) is 5.75 Å². The van der Waals surface area contributed by atoms with Crippen molar-refractivity contribution >= 4 is 11.9 Å². The predicted molar refractivity (Wildman–Crippen MR) is 97.8 cm³/mol. The molecule has 1 aromatic rings. The number of aryl methyl sites for hydroxylation is 1. The Hall–Kier alpha value is -2.24. The average molecular weight is 347 g/mol. The molecule has 25 heavy (non-hydrogen) atoms. The number of urea groups is 1. The number of ether oxygens (including phenoxy) is 1. The third kappa shape index (κ3) is 5.11. The van der Waals surface area contributed by atoms with Crippen molar-refractivity contribution in [3.05, 3.63) is 29.8 Å². The first-order chi connectivity index (χ1) is 12.0. The Morgan fingerprint density at radius 2 is 2.08 bits per heavy atom. The molecular weight excluding hydrogens is 318 g/mol. The maximum absolute atomic E-state index is 12.3. The van der Waals surface area contributed by atoms with Crippen LogP contribution in [0.25, 0.3) is 0 Å². The molecule has 1 atom stereocenters. The summed E-state index contributed by atoms with van der Waals surface area (Å²) in [6, 6.07) is 7.47. The highest BCUT2D eigenvalue weighted by molar-refractivity contribution is 5.87. The van der Waals surface area contributed by atoms with Gasteiger partial charge in [0, 0.05) is 26.7 Å². The molecule has 138 valence electrons. The van der Waals surface area contributed by atoms with Gasteiger partial charge in [0.15, 0.2) is 0 Å². The summed E-state index contributed by atoms with van der Waals surface area (Å²) >= 11 is 0. The van der Waals surface area contributed by atoms with E-state index >= 15 is 0 Å². The molecule has 1 unspecified atom stereocenters. The summed E-state index contributed by atoms with van der Waals surface area (Å²) < 4.78 is 5.76. The molecule has 2 rings (SSSR count). The van der Waals surface area contributed by atoms with E-state index in [2.05, 4.69) is 18.3 Å². The average Bonchev–Trinajstić information content (AvgIpc) is 2.62. The van der Waals surface area contributed by atoms with Crippen molar-refractivity contribution in [3.63, 3.8) is 0 Å². The van der Waals surface area contributed by atoms with Crippen LogP contribution in [0.2, 0.25) is 0 Å². The Balaban J connectivity index is 1.78. The number of para-hydroxylation sites is 1. The number of carbonyl (C=O) groups is 2. The molecular formula is C19H29N3O3. The van der Waals surface area contributed by atoms with Crippen molar-refractivity contribution in [1.82, 2.24) is 15.1 Å². The SMILES string of the molecule is CCCOc1ccccc1CCCNC(=O)N1CCN(C)C(=O)C1C. The Morgan fingerprint density at radius 3 is 2.84 bits per heavy atom. The summed E-state index contributed by atoms with van der Waals surface area (Å²) in [6.45, 7) is 6.31. The first kappa shape index (κ1) is 19.1. The maximum Gasteiger partial charge on any atom is 0.318 e. The van der Waals surface area contributed by atoms with Crippen LogP contribution in [-0.2, 0) is 11.2 Å². The second kappa shape index (κ2) is 9.30. The van der Waals surface area contributed by atoms with Crippen LogP contribution in [0.1, 0.15) is 32.3 Å². The van der Waals surface area contributed by atoms with Crippen molar-refractivity contribution in [2.24, 2.45) is 0 Å². The fourth-order valence-corrected chi connectivity index (χ4v) is 2.93. The van der Waals surface area contributed by atoms with Gasteiger partial charge in [-0.1, -0.05) is 25.1 Å². The number of nitrogens with zero attached hydrogens (tertiary/aromatic N) is 2. The fourth-order valence-electron chi connectivity index (χ4n) is 2.93. The van der Waals surface area contributed by atoms with Gasteiger partial charge in [0.1, 0.15) is 11.8 Å². The van der Waals surface area contributed by atoms with E-state index in [1.807, 2.05) is 18.2 Å². The van der Waals surface area contributed by atoms with Crippen LogP contribution in [-0.4, -0.2) is 61.1 Å². The number of piperazine rings is 1. The molecule has 0 spiro atoms. The number of amides is 3. The molecule has 0 aliphatic carbocycles. The predicted octanol–water partition coefficient (Wildman–Crippen LogP) is 2.28. The zero-order valence-electron chi connectivity index (χ0n) is 15.5. The van der Waals surface area contributed by atoms with E-state index in [9.17, 15) is 9.59 Å². The summed E-state index contributed by atoms with van der Waals surface area (Å²) in [5.41, 5.74) is 1.16. The first-order valence-electron chi connectivity index (χ1n) is 9.04. The molecule has 0 aromatic heterocycles. The van der Waals surface area contributed by atoms with Gasteiger partial charge in [0.25, 0.3) is 0 Å². The van der Waals surface area contributed by atoms with Gasteiger partial charge >= 0.3 is 6.03 Å². The first-order valence-corrected chi connectivity index (χ1v) is 9.04. The van der Waals surface area contributed by atoms with E-state index in [1.165, 1.54) is 0 Å². The largest absolute Gasteiger partial charge is 0.493 e. The summed E-state index contributed by atoms with van der Waals surface area (Å²) in [6.07, 6.45) is 2.65. The summed E-state index contributed by atoms with van der Waals surface area (Å²) in [5, 5.41) is 2.93. The van der Waals surface area contributed by atoms with Gasteiger partial charge in [-0.15, -0.1) is 0 Å². The Kier molecular flexibility index (Phi) is 7.10. The van der Waals surface area contributed by atoms with Crippen LogP contribution in [0.15, 0.2) is 24.3 Å². The highest BCUT2D eigenvalue weighted by atomic mass is 16.5. The van der Waals surface area contributed by atoms with Crippen molar-refractivity contribution in [2.75, 3.05) is 33.3 Å². The Morgan fingerprint density at radius 1 is 1.32 bits per heavy atom. The quantitative estimate of drug-likeness (QED) is 0.770. The number of hydrogen-bond donors (Lipinski definition) is 1. The summed E-state index contributed by atoms with van der Waals surface area (Å²) in [5.74, 6) is 0.914. The van der Waals surface area contributed by atoms with E-state index in [4.69, 9.17) is 4.74 Å². The van der Waals surface area contributed by atoms with Crippen LogP contribution >= 0.6 is 0 Å². The highest BCUT2D eigenvalue weighted by Crippen LogP contribution is 2.19. The van der Waals surface area contributed by atoms with Crippen LogP contribution in [0, 0.1) is 0 Å². The molecule has 1 saturated heterocycles. The zero-order valence-corrected chi connectivity index (χ0v) is 15.5. The number of hydrogen-bond acceptors (Lipinski definition) is 3. The Labute approximate surface area is 150 Å². The van der Waals surface area contributed by atoms with Gasteiger partial charge in [-0.3, -0.25) is 4.79 Å². The van der Waals surface area contributed by atoms with Crippen LogP contribution < -0.4 is 10.1 Å². The zero-order chi connectivity index (χ0) is 18.2. The summed E-state index contributed by atoms with van der Waals surface area (Å²) in [7, 11) is 1.77. The second-order valence-corrected chi connectivity index (χ2v) is 6.42. The minimum atomic E-state index is -0.401. The summed E-state index contributed by atoms with van der Waals surface area (Å²) in [4.78, 5) is 27.5. The molecule has 1 heterocycles. The van der Waals surface area contributed by atoms with Gasteiger partial charge in [-0.25, -0.2) is 4.79 Å². The third-order valence-corrected chi connectivity index (χ3v) is 4.47. The molecule has 1 N–H and O–H groups in total. The lowest BCUT2D eigenvalue weighted by atomic mass is 10.1. The molecule has 1 aliphatic rings. The van der Waals surface area contributed by atoms with Gasteiger partial charge < -0.3 is 19.9 Å². The molecule has 0 saturated carbocycles. The van der Waals surface area contributed by atoms with Crippen molar-refractivity contribution in [2.45, 2.75) is 39.2 Å². The lowest BCUT2D eigenvalue weighted by Crippen LogP contribution is -2.58. The monoisotopic (exact) mass is 347 g/mol. The smallest absolute Gasteiger partial charge is 0.318 e.